The van der Waals surface area contributed by atoms with E-state index >= 15 is 0 Å². The van der Waals surface area contributed by atoms with Crippen LogP contribution >= 0.6 is 33.1 Å². The van der Waals surface area contributed by atoms with Crippen LogP contribution in [0.15, 0.2) is 0 Å². The molecular formula is C11H21O8PS2. The molecule has 2 rings (SSSR count). The molecule has 0 spiro atoms. The molecule has 22 heavy (non-hydrogen) atoms. The van der Waals surface area contributed by atoms with E-state index in [0.717, 1.165) is 0 Å². The van der Waals surface area contributed by atoms with E-state index in [0.29, 0.717) is 12.8 Å². The summed E-state index contributed by atoms with van der Waals surface area (Å²) in [6.07, 6.45) is -1.34. The van der Waals surface area contributed by atoms with Crippen molar-refractivity contribution in [3.8, 4) is 0 Å². The summed E-state index contributed by atoms with van der Waals surface area (Å²) in [5.41, 5.74) is -0.712. The maximum atomic E-state index is 11.8. The van der Waals surface area contributed by atoms with Crippen molar-refractivity contribution in [1.29, 1.82) is 0 Å². The molecule has 0 aromatic carbocycles. The molecular weight excluding hydrogens is 355 g/mol. The first-order chi connectivity index (χ1) is 10.3. The van der Waals surface area contributed by atoms with Gasteiger partial charge in [-0.2, -0.15) is 0 Å². The average Bonchev–Trinajstić information content (AvgIpc) is 2.96. The minimum absolute atomic E-state index is 0.160. The van der Waals surface area contributed by atoms with Gasteiger partial charge in [-0.15, -0.1) is 25.3 Å². The van der Waals surface area contributed by atoms with E-state index in [2.05, 4.69) is 25.3 Å². The lowest BCUT2D eigenvalue weighted by Crippen LogP contribution is -2.29. The first-order valence-electron chi connectivity index (χ1n) is 6.80. The maximum absolute atomic E-state index is 11.8. The lowest BCUT2D eigenvalue weighted by molar-refractivity contribution is -0.0297. The predicted octanol–water partition coefficient (Wildman–Crippen LogP) is 0.585. The number of hydrogen-bond donors (Lipinski definition) is 4. The standard InChI is InChI=1S/C11H21O8PS2/c1-15-7-3-11(22)19-9(7)5-17-20(13,14)16-4-8-6(12)2-10(21)18-8/h6-12,21-22H,2-5H2,1H3,(H,13,14)/t6-,7?,8-,9?,10+,11?/m1/s1. The van der Waals surface area contributed by atoms with Gasteiger partial charge in [0.2, 0.25) is 0 Å². The summed E-state index contributed by atoms with van der Waals surface area (Å²) in [6, 6.07) is 0. The van der Waals surface area contributed by atoms with Crippen molar-refractivity contribution in [2.75, 3.05) is 20.3 Å². The van der Waals surface area contributed by atoms with Crippen molar-refractivity contribution < 1.29 is 37.8 Å². The van der Waals surface area contributed by atoms with E-state index in [9.17, 15) is 14.6 Å². The number of phosphoric ester groups is 1. The summed E-state index contributed by atoms with van der Waals surface area (Å²) in [4.78, 5) is 9.65. The van der Waals surface area contributed by atoms with Crippen LogP contribution in [0.2, 0.25) is 0 Å². The molecule has 2 aliphatic rings. The summed E-state index contributed by atoms with van der Waals surface area (Å²) in [5.74, 6) is 0. The van der Waals surface area contributed by atoms with Crippen LogP contribution in [0, 0.1) is 0 Å². The number of thiol groups is 2. The molecule has 0 amide bonds. The van der Waals surface area contributed by atoms with Crippen molar-refractivity contribution in [3.05, 3.63) is 0 Å². The predicted molar refractivity (Wildman–Crippen MR) is 83.1 cm³/mol. The SMILES string of the molecule is COC1CC(S)OC1COP(=O)(O)OC[C@H]1O[C@@H](S)C[C@H]1O. The van der Waals surface area contributed by atoms with Gasteiger partial charge < -0.3 is 24.2 Å². The topological polar surface area (TPSA) is 104 Å². The number of methoxy groups -OCH3 is 1. The van der Waals surface area contributed by atoms with Crippen molar-refractivity contribution in [3.63, 3.8) is 0 Å². The Morgan fingerprint density at radius 2 is 1.68 bits per heavy atom. The highest BCUT2D eigenvalue weighted by Gasteiger charge is 2.38. The third kappa shape index (κ3) is 5.34. The summed E-state index contributed by atoms with van der Waals surface area (Å²) in [7, 11) is -2.75. The zero-order valence-corrected chi connectivity index (χ0v) is 14.7. The van der Waals surface area contributed by atoms with Crippen LogP contribution in [0.3, 0.4) is 0 Å². The number of aliphatic hydroxyl groups is 1. The lowest BCUT2D eigenvalue weighted by Gasteiger charge is -2.20. The molecule has 4 unspecified atom stereocenters. The van der Waals surface area contributed by atoms with Gasteiger partial charge in [0.1, 0.15) is 23.1 Å². The number of hydrogen-bond acceptors (Lipinski definition) is 9. The van der Waals surface area contributed by atoms with Gasteiger partial charge in [-0.1, -0.05) is 0 Å². The Balaban J connectivity index is 1.75. The molecule has 0 saturated carbocycles. The third-order valence-corrected chi connectivity index (χ3v) is 5.11. The fourth-order valence-electron chi connectivity index (χ4n) is 2.32. The van der Waals surface area contributed by atoms with E-state index in [1.165, 1.54) is 7.11 Å². The highest BCUT2D eigenvalue weighted by atomic mass is 32.1. The smallest absolute Gasteiger partial charge is 0.390 e. The Bertz CT molecular complexity index is 414. The Morgan fingerprint density at radius 3 is 2.23 bits per heavy atom. The molecule has 2 N–H and O–H groups in total. The van der Waals surface area contributed by atoms with Crippen LogP contribution in [0.5, 0.6) is 0 Å². The first kappa shape index (κ1) is 19.0. The fourth-order valence-corrected chi connectivity index (χ4v) is 3.80. The number of rotatable bonds is 7. The van der Waals surface area contributed by atoms with Gasteiger partial charge in [0.25, 0.3) is 0 Å². The minimum Gasteiger partial charge on any atom is -0.390 e. The molecule has 8 nitrogen and oxygen atoms in total. The zero-order chi connectivity index (χ0) is 16.3. The summed E-state index contributed by atoms with van der Waals surface area (Å²) in [6.45, 7) is -0.424. The van der Waals surface area contributed by atoms with Gasteiger partial charge >= 0.3 is 7.82 Å². The Kier molecular flexibility index (Phi) is 7.03. The Morgan fingerprint density at radius 1 is 1.14 bits per heavy atom. The zero-order valence-electron chi connectivity index (χ0n) is 12.0. The number of phosphoric acid groups is 1. The van der Waals surface area contributed by atoms with Crippen LogP contribution in [-0.4, -0.2) is 65.6 Å². The highest BCUT2D eigenvalue weighted by molar-refractivity contribution is 7.80. The molecule has 0 radical (unpaired) electrons. The second-order valence-corrected chi connectivity index (χ2v) is 7.74. The lowest BCUT2D eigenvalue weighted by atomic mass is 10.2. The summed E-state index contributed by atoms with van der Waals surface area (Å²) >= 11 is 8.24. The Hall–Kier alpha value is 0.650. The van der Waals surface area contributed by atoms with Crippen molar-refractivity contribution >= 4 is 33.1 Å². The normalized spacial score (nSPS) is 41.7. The minimum atomic E-state index is -4.28. The largest absolute Gasteiger partial charge is 0.472 e. The van der Waals surface area contributed by atoms with Crippen molar-refractivity contribution in [2.45, 2.75) is 48.1 Å². The molecule has 0 bridgehead atoms. The molecule has 11 heteroatoms. The summed E-state index contributed by atoms with van der Waals surface area (Å²) in [5, 5.41) is 9.64. The van der Waals surface area contributed by atoms with Crippen LogP contribution in [-0.2, 0) is 27.8 Å². The molecule has 0 aromatic heterocycles. The molecule has 2 heterocycles. The van der Waals surface area contributed by atoms with Gasteiger partial charge in [-0.3, -0.25) is 9.05 Å². The van der Waals surface area contributed by atoms with Crippen LogP contribution in [0.1, 0.15) is 12.8 Å². The Labute approximate surface area is 139 Å². The monoisotopic (exact) mass is 376 g/mol. The molecule has 130 valence electrons. The van der Waals surface area contributed by atoms with E-state index < -0.39 is 31.6 Å². The molecule has 2 aliphatic heterocycles. The van der Waals surface area contributed by atoms with Gasteiger partial charge in [-0.25, -0.2) is 4.57 Å². The molecule has 0 aromatic rings. The van der Waals surface area contributed by atoms with Gasteiger partial charge in [0, 0.05) is 20.0 Å². The molecule has 7 atom stereocenters. The number of aliphatic hydroxyl groups excluding tert-OH is 1. The van der Waals surface area contributed by atoms with Crippen LogP contribution in [0.4, 0.5) is 0 Å². The molecule has 2 saturated heterocycles. The highest BCUT2D eigenvalue weighted by Crippen LogP contribution is 2.45. The van der Waals surface area contributed by atoms with Gasteiger partial charge in [-0.05, 0) is 0 Å². The molecule has 0 aliphatic carbocycles. The number of ether oxygens (including phenoxy) is 3. The molecule has 2 fully saturated rings. The van der Waals surface area contributed by atoms with Gasteiger partial charge in [0.05, 0.1) is 25.4 Å². The van der Waals surface area contributed by atoms with Gasteiger partial charge in [0.15, 0.2) is 0 Å². The first-order valence-corrected chi connectivity index (χ1v) is 9.33. The van der Waals surface area contributed by atoms with E-state index in [-0.39, 0.29) is 24.8 Å². The van der Waals surface area contributed by atoms with Crippen LogP contribution < -0.4 is 0 Å². The van der Waals surface area contributed by atoms with E-state index in [1.807, 2.05) is 0 Å². The van der Waals surface area contributed by atoms with E-state index in [4.69, 9.17) is 23.3 Å². The average molecular weight is 376 g/mol. The quantitative estimate of drug-likeness (QED) is 0.378. The van der Waals surface area contributed by atoms with Crippen molar-refractivity contribution in [1.82, 2.24) is 0 Å². The second kappa shape index (κ2) is 8.15. The third-order valence-electron chi connectivity index (χ3n) is 3.49. The maximum Gasteiger partial charge on any atom is 0.472 e. The van der Waals surface area contributed by atoms with Crippen molar-refractivity contribution in [2.24, 2.45) is 0 Å². The fraction of sp³-hybridized carbons (Fsp3) is 1.00. The second-order valence-electron chi connectivity index (χ2n) is 5.13. The van der Waals surface area contributed by atoms with E-state index in [1.54, 1.807) is 0 Å². The van der Waals surface area contributed by atoms with Crippen LogP contribution in [0.25, 0.3) is 0 Å². The summed E-state index contributed by atoms with van der Waals surface area (Å²) < 4.78 is 37.4.